The fraction of sp³-hybridized carbons (Fsp3) is 0.280. The molecule has 0 radical (unpaired) electrons. The normalized spacial score (nSPS) is 17.7. The lowest BCUT2D eigenvalue weighted by atomic mass is 10.0. The van der Waals surface area contributed by atoms with Crippen molar-refractivity contribution in [2.45, 2.75) is 31.3 Å². The summed E-state index contributed by atoms with van der Waals surface area (Å²) in [5.74, 6) is 4.30. The second-order valence-corrected chi connectivity index (χ2v) is 9.10. The van der Waals surface area contributed by atoms with Crippen LogP contribution < -0.4 is 14.8 Å². The lowest BCUT2D eigenvalue weighted by molar-refractivity contribution is -0.115. The summed E-state index contributed by atoms with van der Waals surface area (Å²) in [6, 6.07) is 13.9. The number of ether oxygens (including phenoxy) is 2. The van der Waals surface area contributed by atoms with E-state index >= 15 is 0 Å². The average Bonchev–Trinajstić information content (AvgIpc) is 3.03. The molecule has 2 atom stereocenters. The fourth-order valence-corrected chi connectivity index (χ4v) is 5.12. The molecule has 32 heavy (non-hydrogen) atoms. The molecule has 0 fully saturated rings. The quantitative estimate of drug-likeness (QED) is 0.576. The number of hydrogen-bond acceptors (Lipinski definition) is 5. The maximum Gasteiger partial charge on any atom is 0.238 e. The molecule has 7 heteroatoms. The van der Waals surface area contributed by atoms with Crippen LogP contribution >= 0.6 is 11.8 Å². The first-order valence-electron chi connectivity index (χ1n) is 10.3. The highest BCUT2D eigenvalue weighted by atomic mass is 32.2. The van der Waals surface area contributed by atoms with Gasteiger partial charge >= 0.3 is 0 Å². The summed E-state index contributed by atoms with van der Waals surface area (Å²) in [5.41, 5.74) is 4.87. The molecule has 2 heterocycles. The molecule has 0 unspecified atom stereocenters. The van der Waals surface area contributed by atoms with E-state index in [1.807, 2.05) is 61.9 Å². The molecule has 0 saturated heterocycles. The second-order valence-electron chi connectivity index (χ2n) is 7.65. The second kappa shape index (κ2) is 9.01. The molecule has 0 saturated carbocycles. The molecule has 0 aliphatic carbocycles. The molecule has 6 nitrogen and oxygen atoms in total. The van der Waals surface area contributed by atoms with Crippen molar-refractivity contribution in [3.63, 3.8) is 0 Å². The first-order chi connectivity index (χ1) is 15.4. The van der Waals surface area contributed by atoms with Crippen LogP contribution in [0.2, 0.25) is 0 Å². The first-order valence-corrected chi connectivity index (χ1v) is 11.2. The molecule has 1 N–H and O–H groups in total. The lowest BCUT2D eigenvalue weighted by Crippen LogP contribution is -2.22. The molecule has 4 rings (SSSR count). The number of carbonyl (C=O) groups is 1. The number of thioether (sulfide) groups is 1. The van der Waals surface area contributed by atoms with Gasteiger partial charge in [-0.05, 0) is 56.2 Å². The van der Waals surface area contributed by atoms with E-state index < -0.39 is 0 Å². The van der Waals surface area contributed by atoms with Crippen LogP contribution in [-0.4, -0.2) is 34.7 Å². The van der Waals surface area contributed by atoms with Crippen molar-refractivity contribution in [3.05, 3.63) is 64.8 Å². The number of carbonyl (C=O) groups excluding carboxylic acids is 1. The van der Waals surface area contributed by atoms with Gasteiger partial charge in [0.25, 0.3) is 0 Å². The van der Waals surface area contributed by atoms with E-state index in [0.717, 1.165) is 28.1 Å². The summed E-state index contributed by atoms with van der Waals surface area (Å²) in [6.45, 7) is 6.09. The Hall–Kier alpha value is -3.37. The van der Waals surface area contributed by atoms with Crippen molar-refractivity contribution in [3.8, 4) is 29.5 Å². The van der Waals surface area contributed by atoms with Gasteiger partial charge in [0.15, 0.2) is 11.5 Å². The molecule has 3 aromatic rings. The van der Waals surface area contributed by atoms with Crippen molar-refractivity contribution >= 4 is 23.5 Å². The Morgan fingerprint density at radius 2 is 2.03 bits per heavy atom. The highest BCUT2D eigenvalue weighted by Gasteiger charge is 2.34. The van der Waals surface area contributed by atoms with E-state index in [9.17, 15) is 4.79 Å². The number of amides is 1. The number of nitrogens with one attached hydrogen (secondary N) is 1. The van der Waals surface area contributed by atoms with Crippen molar-refractivity contribution in [1.82, 2.24) is 9.78 Å². The summed E-state index contributed by atoms with van der Waals surface area (Å²) in [4.78, 5) is 12.9. The number of hydrogen-bond donors (Lipinski definition) is 1. The van der Waals surface area contributed by atoms with Crippen LogP contribution in [0.3, 0.4) is 0 Å². The molecule has 0 bridgehead atoms. The topological polar surface area (TPSA) is 65.4 Å². The van der Waals surface area contributed by atoms with E-state index in [-0.39, 0.29) is 23.0 Å². The Morgan fingerprint density at radius 1 is 1.22 bits per heavy atom. The zero-order chi connectivity index (χ0) is 22.8. The van der Waals surface area contributed by atoms with Gasteiger partial charge < -0.3 is 14.8 Å². The zero-order valence-corrected chi connectivity index (χ0v) is 19.3. The number of rotatable bonds is 5. The van der Waals surface area contributed by atoms with E-state index in [1.165, 1.54) is 0 Å². The summed E-state index contributed by atoms with van der Waals surface area (Å²) in [5, 5.41) is 7.53. The van der Waals surface area contributed by atoms with Crippen molar-refractivity contribution in [1.29, 1.82) is 0 Å². The molecule has 1 aromatic heterocycles. The molecular formula is C25H25N3O3S. The number of aromatic nitrogens is 2. The van der Waals surface area contributed by atoms with Gasteiger partial charge in [0.1, 0.15) is 12.4 Å². The van der Waals surface area contributed by atoms with E-state index in [1.54, 1.807) is 18.9 Å². The third-order valence-corrected chi connectivity index (χ3v) is 6.77. The van der Waals surface area contributed by atoms with Gasteiger partial charge in [0.05, 0.1) is 29.0 Å². The molecule has 1 aliphatic rings. The van der Waals surface area contributed by atoms with Crippen LogP contribution in [0.15, 0.2) is 42.5 Å². The summed E-state index contributed by atoms with van der Waals surface area (Å²) in [6.07, 6.45) is 5.32. The Bertz CT molecular complexity index is 1210. The zero-order valence-electron chi connectivity index (χ0n) is 18.5. The van der Waals surface area contributed by atoms with Crippen LogP contribution in [-0.2, 0) is 4.79 Å². The van der Waals surface area contributed by atoms with Crippen LogP contribution in [0.4, 0.5) is 5.82 Å². The van der Waals surface area contributed by atoms with Gasteiger partial charge in [0, 0.05) is 5.56 Å². The Kier molecular flexibility index (Phi) is 6.15. The summed E-state index contributed by atoms with van der Waals surface area (Å²) in [7, 11) is 1.60. The Morgan fingerprint density at radius 3 is 2.75 bits per heavy atom. The predicted molar refractivity (Wildman–Crippen MR) is 128 cm³/mol. The van der Waals surface area contributed by atoms with E-state index in [0.29, 0.717) is 17.3 Å². The largest absolute Gasteiger partial charge is 0.493 e. The molecule has 1 amide bonds. The van der Waals surface area contributed by atoms with Crippen LogP contribution in [0.5, 0.6) is 11.5 Å². The average molecular weight is 448 g/mol. The van der Waals surface area contributed by atoms with Gasteiger partial charge in [0.2, 0.25) is 5.91 Å². The molecule has 2 aromatic carbocycles. The highest BCUT2D eigenvalue weighted by molar-refractivity contribution is 8.01. The fourth-order valence-electron chi connectivity index (χ4n) is 3.80. The summed E-state index contributed by atoms with van der Waals surface area (Å²) < 4.78 is 13.0. The van der Waals surface area contributed by atoms with Crippen LogP contribution in [0.25, 0.3) is 5.69 Å². The molecule has 0 spiro atoms. The smallest absolute Gasteiger partial charge is 0.238 e. The highest BCUT2D eigenvalue weighted by Crippen LogP contribution is 2.47. The molecule has 164 valence electrons. The van der Waals surface area contributed by atoms with Crippen molar-refractivity contribution in [2.24, 2.45) is 0 Å². The maximum absolute atomic E-state index is 12.9. The van der Waals surface area contributed by atoms with Crippen molar-refractivity contribution in [2.75, 3.05) is 19.0 Å². The Labute approximate surface area is 192 Å². The van der Waals surface area contributed by atoms with E-state index in [2.05, 4.69) is 17.3 Å². The lowest BCUT2D eigenvalue weighted by Gasteiger charge is -2.19. The molecule has 1 aliphatic heterocycles. The number of nitrogens with zero attached hydrogens (tertiary/aromatic N) is 2. The van der Waals surface area contributed by atoms with Crippen LogP contribution in [0.1, 0.15) is 34.6 Å². The number of aryl methyl sites for hydroxylation is 2. The minimum atomic E-state index is -0.249. The third-order valence-electron chi connectivity index (χ3n) is 5.37. The SMILES string of the molecule is C#CCOc1ccc([C@@H]2S[C@H](C)C(=O)Nc3c2c(C)nn3-c2cccc(C)c2)cc1OC. The number of benzene rings is 2. The van der Waals surface area contributed by atoms with Gasteiger partial charge in [-0.15, -0.1) is 18.2 Å². The minimum absolute atomic E-state index is 0.0477. The Balaban J connectivity index is 1.85. The van der Waals surface area contributed by atoms with Gasteiger partial charge in [-0.2, -0.15) is 5.10 Å². The number of methoxy groups -OCH3 is 1. The minimum Gasteiger partial charge on any atom is -0.493 e. The standard InChI is InChI=1S/C25H25N3O3S/c1-6-12-31-20-11-10-18(14-21(20)30-5)23-22-16(3)27-28(19-9-7-8-15(2)13-19)24(22)26-25(29)17(4)32-23/h1,7-11,13-14,17,23H,12H2,2-5H3,(H,26,29)/t17-,23+/m1/s1. The monoisotopic (exact) mass is 447 g/mol. The number of anilines is 1. The maximum atomic E-state index is 12.9. The first kappa shape index (κ1) is 21.8. The van der Waals surface area contributed by atoms with Gasteiger partial charge in [-0.1, -0.05) is 24.1 Å². The van der Waals surface area contributed by atoms with E-state index in [4.69, 9.17) is 21.0 Å². The van der Waals surface area contributed by atoms with Crippen molar-refractivity contribution < 1.29 is 14.3 Å². The van der Waals surface area contributed by atoms with Gasteiger partial charge in [-0.25, -0.2) is 4.68 Å². The van der Waals surface area contributed by atoms with Gasteiger partial charge in [-0.3, -0.25) is 4.79 Å². The number of terminal acetylenes is 1. The number of fused-ring (bicyclic) bond motifs is 1. The predicted octanol–water partition coefficient (Wildman–Crippen LogP) is 4.67. The molecular weight excluding hydrogens is 422 g/mol. The third kappa shape index (κ3) is 4.06. The summed E-state index contributed by atoms with van der Waals surface area (Å²) >= 11 is 1.59. The van der Waals surface area contributed by atoms with Crippen LogP contribution in [0, 0.1) is 26.2 Å².